The van der Waals surface area contributed by atoms with Crippen molar-refractivity contribution in [2.45, 2.75) is 65.3 Å². The van der Waals surface area contributed by atoms with Gasteiger partial charge in [-0.15, -0.1) is 0 Å². The first kappa shape index (κ1) is 26.7. The van der Waals surface area contributed by atoms with Gasteiger partial charge in [0.2, 0.25) is 0 Å². The Bertz CT molecular complexity index is 1500. The van der Waals surface area contributed by atoms with Crippen molar-refractivity contribution in [2.75, 3.05) is 5.32 Å². The molecule has 1 N–H and O–H groups in total. The van der Waals surface area contributed by atoms with Crippen molar-refractivity contribution in [1.29, 1.82) is 0 Å². The molecular weight excluding hydrogens is 470 g/mol. The summed E-state index contributed by atoms with van der Waals surface area (Å²) in [4.78, 5) is 0. The van der Waals surface area contributed by atoms with Crippen molar-refractivity contribution in [1.82, 2.24) is 0 Å². The predicted molar refractivity (Wildman–Crippen MR) is 169 cm³/mol. The van der Waals surface area contributed by atoms with E-state index in [0.29, 0.717) is 5.92 Å². The summed E-state index contributed by atoms with van der Waals surface area (Å²) in [5.74, 6) is 0.424. The van der Waals surface area contributed by atoms with Gasteiger partial charge in [0.25, 0.3) is 0 Å². The SMILES string of the molecule is CCCc1cccc(CCC)c1NC(C1=CC=CC(c2cccc3ccccc23)=[C+]1)c1ccccc1C(C)C. The van der Waals surface area contributed by atoms with Gasteiger partial charge < -0.3 is 5.32 Å². The Kier molecular flexibility index (Phi) is 8.40. The standard InChI is InChI=1S/C38H40N/c1-5-14-29-18-11-19-30(15-6-2)37(29)39-38(36-24-10-9-22-33(36)27(3)4)32-21-12-20-31(26-32)35-25-13-17-28-16-7-8-23-34(28)35/h7-13,16-25,27,38-39H,5-6,14-15H2,1-4H3/q+1. The van der Waals surface area contributed by atoms with Gasteiger partial charge in [0.1, 0.15) is 11.6 Å². The third-order valence-corrected chi connectivity index (χ3v) is 7.70. The van der Waals surface area contributed by atoms with Crippen LogP contribution < -0.4 is 5.32 Å². The third-order valence-electron chi connectivity index (χ3n) is 7.70. The molecular formula is C38H40N+. The number of aryl methyl sites for hydroxylation is 2. The number of hydrogen-bond acceptors (Lipinski definition) is 1. The highest BCUT2D eigenvalue weighted by atomic mass is 14.9. The molecule has 0 spiro atoms. The molecule has 0 radical (unpaired) electrons. The molecule has 0 fully saturated rings. The van der Waals surface area contributed by atoms with Gasteiger partial charge in [-0.25, -0.2) is 0 Å². The summed E-state index contributed by atoms with van der Waals surface area (Å²) in [6.07, 6.45) is 14.9. The van der Waals surface area contributed by atoms with Crippen LogP contribution in [0.25, 0.3) is 16.3 Å². The van der Waals surface area contributed by atoms with Crippen LogP contribution in [0.15, 0.2) is 109 Å². The van der Waals surface area contributed by atoms with Gasteiger partial charge in [0.15, 0.2) is 5.57 Å². The lowest BCUT2D eigenvalue weighted by Crippen LogP contribution is -2.18. The maximum absolute atomic E-state index is 4.10. The van der Waals surface area contributed by atoms with Crippen LogP contribution in [0.3, 0.4) is 0 Å². The van der Waals surface area contributed by atoms with Crippen molar-refractivity contribution in [3.05, 3.63) is 143 Å². The average molecular weight is 511 g/mol. The summed E-state index contributed by atoms with van der Waals surface area (Å²) in [6, 6.07) is 30.9. The largest absolute Gasteiger partial charge is 0.372 e. The van der Waals surface area contributed by atoms with E-state index in [4.69, 9.17) is 0 Å². The molecule has 0 amide bonds. The zero-order valence-electron chi connectivity index (χ0n) is 23.8. The molecule has 1 nitrogen and oxygen atoms in total. The zero-order valence-corrected chi connectivity index (χ0v) is 23.8. The number of hydrogen-bond donors (Lipinski definition) is 1. The van der Waals surface area contributed by atoms with Crippen LogP contribution in [-0.4, -0.2) is 0 Å². The molecule has 0 bridgehead atoms. The van der Waals surface area contributed by atoms with Crippen LogP contribution in [-0.2, 0) is 12.8 Å². The molecule has 0 aliphatic heterocycles. The van der Waals surface area contributed by atoms with Gasteiger partial charge in [0, 0.05) is 35.4 Å². The lowest BCUT2D eigenvalue weighted by atomic mass is 9.85. The molecule has 4 aromatic carbocycles. The topological polar surface area (TPSA) is 12.0 Å². The third kappa shape index (κ3) is 5.75. The smallest absolute Gasteiger partial charge is 0.156 e. The number of rotatable bonds is 10. The normalized spacial score (nSPS) is 13.7. The Morgan fingerprint density at radius 1 is 0.718 bits per heavy atom. The minimum atomic E-state index is -0.00728. The summed E-state index contributed by atoms with van der Waals surface area (Å²) in [7, 11) is 0. The maximum Gasteiger partial charge on any atom is 0.156 e. The first-order valence-corrected chi connectivity index (χ1v) is 14.6. The van der Waals surface area contributed by atoms with Gasteiger partial charge in [-0.1, -0.05) is 113 Å². The molecule has 0 saturated heterocycles. The van der Waals surface area contributed by atoms with Crippen LogP contribution in [0.4, 0.5) is 5.69 Å². The number of anilines is 1. The lowest BCUT2D eigenvalue weighted by molar-refractivity contribution is 0.810. The fourth-order valence-corrected chi connectivity index (χ4v) is 5.83. The van der Waals surface area contributed by atoms with Gasteiger partial charge in [-0.3, -0.25) is 0 Å². The first-order chi connectivity index (χ1) is 19.1. The van der Waals surface area contributed by atoms with Crippen LogP contribution in [0.1, 0.15) is 80.3 Å². The van der Waals surface area contributed by atoms with Crippen LogP contribution in [0.2, 0.25) is 0 Å². The number of allylic oxidation sites excluding steroid dienone is 4. The molecule has 0 aromatic heterocycles. The van der Waals surface area contributed by atoms with Crippen molar-refractivity contribution in [3.8, 4) is 0 Å². The lowest BCUT2D eigenvalue weighted by Gasteiger charge is -2.27. The molecule has 1 unspecified atom stereocenters. The van der Waals surface area contributed by atoms with Gasteiger partial charge in [-0.2, -0.15) is 0 Å². The summed E-state index contributed by atoms with van der Waals surface area (Å²) >= 11 is 0. The molecule has 1 atom stereocenters. The second-order valence-electron chi connectivity index (χ2n) is 10.9. The highest BCUT2D eigenvalue weighted by Crippen LogP contribution is 2.38. The van der Waals surface area contributed by atoms with E-state index in [2.05, 4.69) is 142 Å². The Morgan fingerprint density at radius 3 is 2.08 bits per heavy atom. The molecule has 39 heavy (non-hydrogen) atoms. The number of fused-ring (bicyclic) bond motifs is 1. The Labute approximate surface area is 235 Å². The molecule has 1 heteroatoms. The van der Waals surface area contributed by atoms with Crippen LogP contribution >= 0.6 is 0 Å². The fraction of sp³-hybridized carbons (Fsp3) is 0.263. The molecule has 196 valence electrons. The Balaban J connectivity index is 1.66. The summed E-state index contributed by atoms with van der Waals surface area (Å²) < 4.78 is 0. The highest BCUT2D eigenvalue weighted by Gasteiger charge is 2.27. The van der Waals surface area contributed by atoms with E-state index in [0.717, 1.165) is 31.3 Å². The van der Waals surface area contributed by atoms with Gasteiger partial charge >= 0.3 is 0 Å². The predicted octanol–water partition coefficient (Wildman–Crippen LogP) is 10.4. The van der Waals surface area contributed by atoms with Gasteiger partial charge in [0.05, 0.1) is 5.56 Å². The van der Waals surface area contributed by atoms with Crippen LogP contribution in [0, 0.1) is 6.08 Å². The molecule has 1 aliphatic carbocycles. The molecule has 0 saturated carbocycles. The summed E-state index contributed by atoms with van der Waals surface area (Å²) in [6.45, 7) is 9.12. The fourth-order valence-electron chi connectivity index (χ4n) is 5.83. The number of nitrogens with one attached hydrogen (secondary N) is 1. The molecule has 4 aromatic rings. The van der Waals surface area contributed by atoms with E-state index in [-0.39, 0.29) is 6.04 Å². The molecule has 5 rings (SSSR count). The highest BCUT2D eigenvalue weighted by molar-refractivity contribution is 5.96. The van der Waals surface area contributed by atoms with Crippen molar-refractivity contribution in [3.63, 3.8) is 0 Å². The van der Waals surface area contributed by atoms with E-state index in [1.54, 1.807) is 0 Å². The van der Waals surface area contributed by atoms with E-state index in [9.17, 15) is 0 Å². The van der Waals surface area contributed by atoms with Crippen molar-refractivity contribution >= 4 is 22.0 Å². The number of para-hydroxylation sites is 1. The minimum absolute atomic E-state index is 0.00728. The van der Waals surface area contributed by atoms with Crippen molar-refractivity contribution in [2.24, 2.45) is 0 Å². The van der Waals surface area contributed by atoms with E-state index in [1.807, 2.05) is 0 Å². The first-order valence-electron chi connectivity index (χ1n) is 14.6. The quantitative estimate of drug-likeness (QED) is 0.209. The minimum Gasteiger partial charge on any atom is -0.372 e. The molecule has 1 aliphatic rings. The number of benzene rings is 4. The van der Waals surface area contributed by atoms with E-state index < -0.39 is 0 Å². The Hall–Kier alpha value is -3.93. The maximum atomic E-state index is 4.10. The monoisotopic (exact) mass is 510 g/mol. The van der Waals surface area contributed by atoms with E-state index in [1.165, 1.54) is 49.9 Å². The zero-order chi connectivity index (χ0) is 27.2. The van der Waals surface area contributed by atoms with E-state index >= 15 is 0 Å². The second-order valence-corrected chi connectivity index (χ2v) is 10.9. The van der Waals surface area contributed by atoms with Gasteiger partial charge in [-0.05, 0) is 58.5 Å². The summed E-state index contributed by atoms with van der Waals surface area (Å²) in [5, 5.41) is 6.62. The Morgan fingerprint density at radius 2 is 1.36 bits per heavy atom. The second kappa shape index (κ2) is 12.3. The van der Waals surface area contributed by atoms with Crippen LogP contribution in [0.5, 0.6) is 0 Å². The average Bonchev–Trinajstić information content (AvgIpc) is 2.97. The molecule has 0 heterocycles. The van der Waals surface area contributed by atoms with Crippen molar-refractivity contribution < 1.29 is 0 Å². The summed E-state index contributed by atoms with van der Waals surface area (Å²) in [5.41, 5.74) is 10.3.